The number of benzene rings is 1. The van der Waals surface area contributed by atoms with Crippen molar-refractivity contribution in [3.8, 4) is 0 Å². The number of amides is 2. The van der Waals surface area contributed by atoms with Gasteiger partial charge in [-0.2, -0.15) is 0 Å². The number of rotatable bonds is 3. The molecule has 0 aromatic heterocycles. The Morgan fingerprint density at radius 2 is 2.20 bits per heavy atom. The van der Waals surface area contributed by atoms with E-state index >= 15 is 0 Å². The van der Waals surface area contributed by atoms with Gasteiger partial charge in [0.05, 0.1) is 11.3 Å². The van der Waals surface area contributed by atoms with Gasteiger partial charge in [-0.15, -0.1) is 11.8 Å². The first-order chi connectivity index (χ1) is 9.47. The predicted octanol–water partition coefficient (Wildman–Crippen LogP) is 1.15. The summed E-state index contributed by atoms with van der Waals surface area (Å²) >= 11 is 1.54. The van der Waals surface area contributed by atoms with Crippen molar-refractivity contribution < 1.29 is 19.1 Å². The molecule has 0 aliphatic carbocycles. The van der Waals surface area contributed by atoms with Crippen LogP contribution in [-0.2, 0) is 14.3 Å². The molecule has 0 saturated heterocycles. The number of ether oxygens (including phenoxy) is 1. The molecule has 1 aromatic carbocycles. The molecule has 1 atom stereocenters. The summed E-state index contributed by atoms with van der Waals surface area (Å²) in [7, 11) is 0. The van der Waals surface area contributed by atoms with Gasteiger partial charge in [-0.25, -0.2) is 4.79 Å². The molecule has 1 aliphatic rings. The molecular formula is C13H14N2O4S. The molecule has 106 valence electrons. The minimum Gasteiger partial charge on any atom is -0.449 e. The van der Waals surface area contributed by atoms with Crippen LogP contribution in [0.2, 0.25) is 0 Å². The third-order valence-electron chi connectivity index (χ3n) is 2.76. The maximum atomic E-state index is 11.9. The van der Waals surface area contributed by atoms with Crippen molar-refractivity contribution in [2.75, 3.05) is 11.1 Å². The lowest BCUT2D eigenvalue weighted by atomic mass is 10.2. The molecule has 0 fully saturated rings. The zero-order valence-electron chi connectivity index (χ0n) is 10.8. The van der Waals surface area contributed by atoms with Gasteiger partial charge in [-0.05, 0) is 25.1 Å². The van der Waals surface area contributed by atoms with Crippen LogP contribution in [0.3, 0.4) is 0 Å². The Bertz CT molecular complexity index is 573. The van der Waals surface area contributed by atoms with Crippen molar-refractivity contribution in [2.45, 2.75) is 24.3 Å². The fraction of sp³-hybridized carbons (Fsp3) is 0.308. The fourth-order valence-corrected chi connectivity index (χ4v) is 2.57. The molecule has 0 spiro atoms. The van der Waals surface area contributed by atoms with Crippen LogP contribution in [0.4, 0.5) is 5.69 Å². The summed E-state index contributed by atoms with van der Waals surface area (Å²) in [6.45, 7) is 1.40. The summed E-state index contributed by atoms with van der Waals surface area (Å²) in [4.78, 5) is 35.1. The highest BCUT2D eigenvalue weighted by Crippen LogP contribution is 2.31. The molecule has 3 N–H and O–H groups in total. The number of nitrogens with two attached hydrogens (primary N) is 1. The number of anilines is 1. The molecule has 1 aromatic rings. The van der Waals surface area contributed by atoms with Crippen LogP contribution < -0.4 is 11.1 Å². The average Bonchev–Trinajstić information content (AvgIpc) is 2.57. The Balaban J connectivity index is 2.20. The Labute approximate surface area is 120 Å². The van der Waals surface area contributed by atoms with Crippen molar-refractivity contribution in [3.63, 3.8) is 0 Å². The van der Waals surface area contributed by atoms with E-state index in [1.807, 2.05) is 0 Å². The summed E-state index contributed by atoms with van der Waals surface area (Å²) in [5.74, 6) is -0.756. The normalized spacial score (nSPS) is 15.6. The zero-order chi connectivity index (χ0) is 14.7. The van der Waals surface area contributed by atoms with Crippen molar-refractivity contribution in [2.24, 2.45) is 5.73 Å². The molecule has 1 aliphatic heterocycles. The van der Waals surface area contributed by atoms with E-state index < -0.39 is 18.0 Å². The Morgan fingerprint density at radius 3 is 2.90 bits per heavy atom. The van der Waals surface area contributed by atoms with Crippen LogP contribution in [0.25, 0.3) is 0 Å². The van der Waals surface area contributed by atoms with Crippen LogP contribution in [0.1, 0.15) is 23.7 Å². The minimum absolute atomic E-state index is 0.0905. The lowest BCUT2D eigenvalue weighted by Gasteiger charge is -2.11. The van der Waals surface area contributed by atoms with Gasteiger partial charge < -0.3 is 15.8 Å². The topological polar surface area (TPSA) is 98.5 Å². The minimum atomic E-state index is -0.995. The molecule has 0 radical (unpaired) electrons. The van der Waals surface area contributed by atoms with Gasteiger partial charge >= 0.3 is 5.97 Å². The molecule has 0 saturated carbocycles. The van der Waals surface area contributed by atoms with Gasteiger partial charge in [0.1, 0.15) is 0 Å². The molecule has 2 amide bonds. The van der Waals surface area contributed by atoms with Gasteiger partial charge in [0.15, 0.2) is 6.10 Å². The smallest absolute Gasteiger partial charge is 0.338 e. The Hall–Kier alpha value is -2.02. The molecule has 2 rings (SSSR count). The number of hydrogen-bond acceptors (Lipinski definition) is 5. The Kier molecular flexibility index (Phi) is 4.29. The Morgan fingerprint density at radius 1 is 1.45 bits per heavy atom. The highest BCUT2D eigenvalue weighted by molar-refractivity contribution is 7.99. The van der Waals surface area contributed by atoms with Crippen molar-refractivity contribution >= 4 is 35.2 Å². The second-order valence-electron chi connectivity index (χ2n) is 4.31. The summed E-state index contributed by atoms with van der Waals surface area (Å²) < 4.78 is 4.91. The van der Waals surface area contributed by atoms with Gasteiger partial charge in [0.2, 0.25) is 5.91 Å². The van der Waals surface area contributed by atoms with Crippen LogP contribution in [0.5, 0.6) is 0 Å². The number of primary amides is 1. The van der Waals surface area contributed by atoms with E-state index in [0.29, 0.717) is 17.9 Å². The quantitative estimate of drug-likeness (QED) is 0.815. The monoisotopic (exact) mass is 294 g/mol. The SMILES string of the molecule is C[C@H](OC(=O)c1ccc2c(c1)NC(=O)CCS2)C(N)=O. The maximum Gasteiger partial charge on any atom is 0.338 e. The first-order valence-electron chi connectivity index (χ1n) is 6.04. The third-order valence-corrected chi connectivity index (χ3v) is 3.84. The van der Waals surface area contributed by atoms with Gasteiger partial charge in [0.25, 0.3) is 5.91 Å². The van der Waals surface area contributed by atoms with Crippen LogP contribution >= 0.6 is 11.8 Å². The predicted molar refractivity (Wildman–Crippen MR) is 74.5 cm³/mol. The zero-order valence-corrected chi connectivity index (χ0v) is 11.7. The van der Waals surface area contributed by atoms with Crippen molar-refractivity contribution in [1.29, 1.82) is 0 Å². The number of nitrogens with one attached hydrogen (secondary N) is 1. The standard InChI is InChI=1S/C13H14N2O4S/c1-7(12(14)17)19-13(18)8-2-3-10-9(6-8)15-11(16)4-5-20-10/h2-3,6-7H,4-5H2,1H3,(H2,14,17)(H,15,16)/t7-/m0/s1. The van der Waals surface area contributed by atoms with Gasteiger partial charge in [-0.3, -0.25) is 9.59 Å². The second kappa shape index (κ2) is 5.96. The number of carbonyl (C=O) groups excluding carboxylic acids is 3. The van der Waals surface area contributed by atoms with E-state index in [2.05, 4.69) is 5.32 Å². The molecule has 6 nitrogen and oxygen atoms in total. The summed E-state index contributed by atoms with van der Waals surface area (Å²) in [5, 5.41) is 2.73. The van der Waals surface area contributed by atoms with E-state index in [1.165, 1.54) is 6.92 Å². The second-order valence-corrected chi connectivity index (χ2v) is 5.44. The van der Waals surface area contributed by atoms with Crippen molar-refractivity contribution in [1.82, 2.24) is 0 Å². The first-order valence-corrected chi connectivity index (χ1v) is 7.03. The summed E-state index contributed by atoms with van der Waals surface area (Å²) in [6.07, 6.45) is -0.567. The lowest BCUT2D eigenvalue weighted by molar-refractivity contribution is -0.125. The molecular weight excluding hydrogens is 280 g/mol. The summed E-state index contributed by atoms with van der Waals surface area (Å²) in [6, 6.07) is 4.89. The van der Waals surface area contributed by atoms with Gasteiger partial charge in [0, 0.05) is 17.1 Å². The molecule has 1 heterocycles. The summed E-state index contributed by atoms with van der Waals surface area (Å²) in [5.41, 5.74) is 5.88. The number of hydrogen-bond donors (Lipinski definition) is 2. The van der Waals surface area contributed by atoms with Gasteiger partial charge in [-0.1, -0.05) is 0 Å². The van der Waals surface area contributed by atoms with E-state index in [-0.39, 0.29) is 11.5 Å². The fourth-order valence-electron chi connectivity index (χ4n) is 1.63. The van der Waals surface area contributed by atoms with E-state index in [0.717, 1.165) is 4.90 Å². The largest absolute Gasteiger partial charge is 0.449 e. The number of fused-ring (bicyclic) bond motifs is 1. The van der Waals surface area contributed by atoms with Crippen LogP contribution in [-0.4, -0.2) is 29.6 Å². The highest BCUT2D eigenvalue weighted by atomic mass is 32.2. The van der Waals surface area contributed by atoms with Crippen LogP contribution in [0, 0.1) is 0 Å². The molecule has 7 heteroatoms. The highest BCUT2D eigenvalue weighted by Gasteiger charge is 2.19. The van der Waals surface area contributed by atoms with Crippen LogP contribution in [0.15, 0.2) is 23.1 Å². The average molecular weight is 294 g/mol. The molecule has 20 heavy (non-hydrogen) atoms. The number of thioether (sulfide) groups is 1. The molecule has 0 bridgehead atoms. The van der Waals surface area contributed by atoms with Crippen molar-refractivity contribution in [3.05, 3.63) is 23.8 Å². The number of carbonyl (C=O) groups is 3. The maximum absolute atomic E-state index is 11.9. The number of esters is 1. The first kappa shape index (κ1) is 14.4. The third kappa shape index (κ3) is 3.30. The van der Waals surface area contributed by atoms with E-state index in [1.54, 1.807) is 30.0 Å². The molecule has 0 unspecified atom stereocenters. The lowest BCUT2D eigenvalue weighted by Crippen LogP contribution is -2.30. The van der Waals surface area contributed by atoms with E-state index in [9.17, 15) is 14.4 Å². The van der Waals surface area contributed by atoms with E-state index in [4.69, 9.17) is 10.5 Å².